The Morgan fingerprint density at radius 1 is 1.38 bits per heavy atom. The molecule has 1 N–H and O–H groups in total. The monoisotopic (exact) mass is 177 g/mol. The van der Waals surface area contributed by atoms with Gasteiger partial charge in [0.1, 0.15) is 12.1 Å². The normalized spacial score (nSPS) is 17.6. The molecule has 1 aliphatic carbocycles. The summed E-state index contributed by atoms with van der Waals surface area (Å²) in [6, 6.07) is 0.633. The van der Waals surface area contributed by atoms with Crippen LogP contribution in [0.25, 0.3) is 0 Å². The molecule has 0 amide bonds. The summed E-state index contributed by atoms with van der Waals surface area (Å²) in [5, 5.41) is 3.46. The molecule has 1 saturated carbocycles. The summed E-state index contributed by atoms with van der Waals surface area (Å²) in [4.78, 5) is 8.19. The molecule has 0 unspecified atom stereocenters. The predicted molar refractivity (Wildman–Crippen MR) is 52.6 cm³/mol. The van der Waals surface area contributed by atoms with E-state index in [0.29, 0.717) is 6.04 Å². The second-order valence-corrected chi connectivity index (χ2v) is 3.68. The van der Waals surface area contributed by atoms with Crippen LogP contribution in [0.15, 0.2) is 12.5 Å². The highest BCUT2D eigenvalue weighted by Crippen LogP contribution is 2.22. The summed E-state index contributed by atoms with van der Waals surface area (Å²) in [5.74, 6) is 1.00. The highest BCUT2D eigenvalue weighted by Gasteiger charge is 2.15. The number of anilines is 1. The number of hydrogen-bond donors (Lipinski definition) is 1. The molecule has 0 atom stereocenters. The van der Waals surface area contributed by atoms with Crippen LogP contribution in [-0.2, 0) is 0 Å². The smallest absolute Gasteiger partial charge is 0.132 e. The molecule has 0 aromatic carbocycles. The molecule has 1 aromatic heterocycles. The summed E-state index contributed by atoms with van der Waals surface area (Å²) >= 11 is 0. The van der Waals surface area contributed by atoms with Gasteiger partial charge in [-0.1, -0.05) is 12.8 Å². The first-order valence-corrected chi connectivity index (χ1v) is 4.89. The molecular formula is C10H15N3. The fraction of sp³-hybridized carbons (Fsp3) is 0.600. The zero-order valence-electron chi connectivity index (χ0n) is 7.95. The zero-order valence-corrected chi connectivity index (χ0v) is 7.95. The second kappa shape index (κ2) is 3.73. The van der Waals surface area contributed by atoms with Crippen molar-refractivity contribution in [2.45, 2.75) is 38.6 Å². The average Bonchev–Trinajstić information content (AvgIpc) is 2.61. The van der Waals surface area contributed by atoms with Gasteiger partial charge in [-0.05, 0) is 19.8 Å². The van der Waals surface area contributed by atoms with E-state index in [0.717, 1.165) is 11.4 Å². The Bertz CT molecular complexity index is 279. The minimum absolute atomic E-state index is 0.633. The molecule has 0 aliphatic heterocycles. The maximum absolute atomic E-state index is 4.22. The Morgan fingerprint density at radius 3 is 2.85 bits per heavy atom. The number of aromatic nitrogens is 2. The van der Waals surface area contributed by atoms with Crippen LogP contribution in [0.4, 0.5) is 5.82 Å². The molecule has 0 saturated heterocycles. The van der Waals surface area contributed by atoms with Crippen molar-refractivity contribution < 1.29 is 0 Å². The fourth-order valence-corrected chi connectivity index (χ4v) is 1.81. The molecule has 1 heterocycles. The van der Waals surface area contributed by atoms with Crippen LogP contribution in [-0.4, -0.2) is 16.0 Å². The highest BCUT2D eigenvalue weighted by molar-refractivity contribution is 5.41. The van der Waals surface area contributed by atoms with E-state index in [1.54, 1.807) is 6.33 Å². The SMILES string of the molecule is Cc1cncnc1NC1CCCC1. The Balaban J connectivity index is 2.04. The molecule has 1 aromatic rings. The van der Waals surface area contributed by atoms with E-state index in [1.165, 1.54) is 25.7 Å². The van der Waals surface area contributed by atoms with Gasteiger partial charge in [-0.2, -0.15) is 0 Å². The average molecular weight is 177 g/mol. The molecule has 2 rings (SSSR count). The lowest BCUT2D eigenvalue weighted by molar-refractivity contribution is 0.748. The molecule has 0 spiro atoms. The first-order chi connectivity index (χ1) is 6.36. The number of hydrogen-bond acceptors (Lipinski definition) is 3. The lowest BCUT2D eigenvalue weighted by atomic mass is 10.2. The lowest BCUT2D eigenvalue weighted by Gasteiger charge is -2.13. The number of rotatable bonds is 2. The molecule has 70 valence electrons. The van der Waals surface area contributed by atoms with E-state index in [-0.39, 0.29) is 0 Å². The van der Waals surface area contributed by atoms with Crippen molar-refractivity contribution in [3.8, 4) is 0 Å². The van der Waals surface area contributed by atoms with Gasteiger partial charge < -0.3 is 5.32 Å². The minimum atomic E-state index is 0.633. The van der Waals surface area contributed by atoms with E-state index in [4.69, 9.17) is 0 Å². The third-order valence-electron chi connectivity index (χ3n) is 2.59. The van der Waals surface area contributed by atoms with Crippen LogP contribution in [0.5, 0.6) is 0 Å². The Labute approximate surface area is 78.6 Å². The van der Waals surface area contributed by atoms with Crippen LogP contribution in [0.2, 0.25) is 0 Å². The van der Waals surface area contributed by atoms with Crippen LogP contribution < -0.4 is 5.32 Å². The maximum Gasteiger partial charge on any atom is 0.132 e. The Morgan fingerprint density at radius 2 is 2.15 bits per heavy atom. The predicted octanol–water partition coefficient (Wildman–Crippen LogP) is 2.14. The minimum Gasteiger partial charge on any atom is -0.367 e. The molecule has 3 nitrogen and oxygen atoms in total. The van der Waals surface area contributed by atoms with Gasteiger partial charge in [0.2, 0.25) is 0 Å². The van der Waals surface area contributed by atoms with Crippen molar-refractivity contribution in [1.82, 2.24) is 9.97 Å². The molecular weight excluding hydrogens is 162 g/mol. The van der Waals surface area contributed by atoms with Gasteiger partial charge in [-0.25, -0.2) is 9.97 Å². The number of nitrogens with one attached hydrogen (secondary N) is 1. The van der Waals surface area contributed by atoms with Crippen LogP contribution >= 0.6 is 0 Å². The quantitative estimate of drug-likeness (QED) is 0.752. The largest absolute Gasteiger partial charge is 0.367 e. The van der Waals surface area contributed by atoms with Crippen molar-refractivity contribution in [3.05, 3.63) is 18.1 Å². The van der Waals surface area contributed by atoms with Crippen molar-refractivity contribution in [2.75, 3.05) is 5.32 Å². The molecule has 1 fully saturated rings. The lowest BCUT2D eigenvalue weighted by Crippen LogP contribution is -2.16. The topological polar surface area (TPSA) is 37.8 Å². The van der Waals surface area contributed by atoms with Crippen LogP contribution in [0.3, 0.4) is 0 Å². The standard InChI is InChI=1S/C10H15N3/c1-8-6-11-7-12-10(8)13-9-4-2-3-5-9/h6-7,9H,2-5H2,1H3,(H,11,12,13). The summed E-state index contributed by atoms with van der Waals surface area (Å²) in [7, 11) is 0. The van der Waals surface area contributed by atoms with E-state index in [1.807, 2.05) is 13.1 Å². The number of aryl methyl sites for hydroxylation is 1. The van der Waals surface area contributed by atoms with Gasteiger partial charge in [0, 0.05) is 17.8 Å². The van der Waals surface area contributed by atoms with Crippen molar-refractivity contribution in [2.24, 2.45) is 0 Å². The summed E-state index contributed by atoms with van der Waals surface area (Å²) in [6.45, 7) is 2.04. The summed E-state index contributed by atoms with van der Waals surface area (Å²) in [5.41, 5.74) is 1.13. The van der Waals surface area contributed by atoms with Gasteiger partial charge >= 0.3 is 0 Å². The molecule has 13 heavy (non-hydrogen) atoms. The van der Waals surface area contributed by atoms with Crippen LogP contribution in [0.1, 0.15) is 31.2 Å². The third-order valence-corrected chi connectivity index (χ3v) is 2.59. The summed E-state index contributed by atoms with van der Waals surface area (Å²) in [6.07, 6.45) is 8.71. The fourth-order valence-electron chi connectivity index (χ4n) is 1.81. The molecule has 0 radical (unpaired) electrons. The number of nitrogens with zero attached hydrogens (tertiary/aromatic N) is 2. The van der Waals surface area contributed by atoms with Crippen molar-refractivity contribution >= 4 is 5.82 Å². The van der Waals surface area contributed by atoms with E-state index in [9.17, 15) is 0 Å². The zero-order chi connectivity index (χ0) is 9.10. The third kappa shape index (κ3) is 1.97. The van der Waals surface area contributed by atoms with Crippen molar-refractivity contribution in [1.29, 1.82) is 0 Å². The summed E-state index contributed by atoms with van der Waals surface area (Å²) < 4.78 is 0. The first-order valence-electron chi connectivity index (χ1n) is 4.89. The Hall–Kier alpha value is -1.12. The van der Waals surface area contributed by atoms with E-state index >= 15 is 0 Å². The molecule has 3 heteroatoms. The molecule has 1 aliphatic rings. The molecule has 0 bridgehead atoms. The maximum atomic E-state index is 4.22. The van der Waals surface area contributed by atoms with Gasteiger partial charge in [0.05, 0.1) is 0 Å². The van der Waals surface area contributed by atoms with Gasteiger partial charge in [0.15, 0.2) is 0 Å². The van der Waals surface area contributed by atoms with Gasteiger partial charge in [-0.3, -0.25) is 0 Å². The first kappa shape index (κ1) is 8.48. The van der Waals surface area contributed by atoms with E-state index < -0.39 is 0 Å². The highest BCUT2D eigenvalue weighted by atomic mass is 15.0. The van der Waals surface area contributed by atoms with E-state index in [2.05, 4.69) is 15.3 Å². The second-order valence-electron chi connectivity index (χ2n) is 3.68. The Kier molecular flexibility index (Phi) is 2.43. The van der Waals surface area contributed by atoms with Gasteiger partial charge in [0.25, 0.3) is 0 Å². The van der Waals surface area contributed by atoms with Gasteiger partial charge in [-0.15, -0.1) is 0 Å². The van der Waals surface area contributed by atoms with Crippen molar-refractivity contribution in [3.63, 3.8) is 0 Å². The van der Waals surface area contributed by atoms with Crippen LogP contribution in [0, 0.1) is 6.92 Å².